The Morgan fingerprint density at radius 2 is 2.12 bits per heavy atom. The minimum absolute atomic E-state index is 0.0877. The molecule has 4 N–H and O–H groups in total. The van der Waals surface area contributed by atoms with E-state index in [4.69, 9.17) is 10.5 Å². The molecule has 1 saturated heterocycles. The number of nitrogens with one attached hydrogen (secondary N) is 2. The van der Waals surface area contributed by atoms with Crippen molar-refractivity contribution in [3.63, 3.8) is 0 Å². The summed E-state index contributed by atoms with van der Waals surface area (Å²) < 4.78 is 19.4. The molecule has 1 atom stereocenters. The number of primary amides is 1. The van der Waals surface area contributed by atoms with Crippen molar-refractivity contribution in [3.8, 4) is 0 Å². The van der Waals surface area contributed by atoms with E-state index in [0.717, 1.165) is 25.3 Å². The molecule has 0 aromatic heterocycles. The van der Waals surface area contributed by atoms with Gasteiger partial charge < -0.3 is 20.7 Å². The Morgan fingerprint density at radius 1 is 1.35 bits per heavy atom. The number of hydrogen-bond acceptors (Lipinski definition) is 5. The Morgan fingerprint density at radius 3 is 2.69 bits per heavy atom. The van der Waals surface area contributed by atoms with Crippen LogP contribution >= 0.6 is 0 Å². The zero-order valence-electron chi connectivity index (χ0n) is 14.2. The van der Waals surface area contributed by atoms with Gasteiger partial charge in [0.2, 0.25) is 5.91 Å². The number of nitrogens with two attached hydrogens (primary N) is 1. The number of benzene rings is 1. The van der Waals surface area contributed by atoms with Gasteiger partial charge in [-0.3, -0.25) is 19.7 Å². The molecule has 26 heavy (non-hydrogen) atoms. The first-order valence-corrected chi connectivity index (χ1v) is 8.49. The van der Waals surface area contributed by atoms with Crippen molar-refractivity contribution in [1.29, 1.82) is 0 Å². The Hall–Kier alpha value is -2.52. The number of nitrogens with zero attached hydrogens (tertiary/aromatic N) is 1. The maximum Gasteiger partial charge on any atom is 0.253 e. The summed E-state index contributed by atoms with van der Waals surface area (Å²) in [5, 5.41) is 5.40. The summed E-state index contributed by atoms with van der Waals surface area (Å²) in [4.78, 5) is 37.0. The van der Waals surface area contributed by atoms with Crippen molar-refractivity contribution >= 4 is 29.1 Å². The lowest BCUT2D eigenvalue weighted by molar-refractivity contribution is -0.128. The Balaban J connectivity index is 1.69. The summed E-state index contributed by atoms with van der Waals surface area (Å²) in [7, 11) is 0. The van der Waals surface area contributed by atoms with E-state index in [9.17, 15) is 18.8 Å². The van der Waals surface area contributed by atoms with Gasteiger partial charge in [-0.15, -0.1) is 0 Å². The molecular formula is C17H21FN4O4. The highest BCUT2D eigenvalue weighted by atomic mass is 19.1. The van der Waals surface area contributed by atoms with Gasteiger partial charge in [-0.2, -0.15) is 0 Å². The number of carbonyl (C=O) groups is 3. The van der Waals surface area contributed by atoms with Gasteiger partial charge >= 0.3 is 0 Å². The van der Waals surface area contributed by atoms with Gasteiger partial charge in [-0.1, -0.05) is 6.42 Å². The van der Waals surface area contributed by atoms with Crippen LogP contribution in [0.5, 0.6) is 0 Å². The summed E-state index contributed by atoms with van der Waals surface area (Å²) in [5.74, 6) is -2.41. The SMILES string of the molecule is NC(=O)[C@@H](NC1CCC1)C(=O)Nc1ccc(N2CCOCC2=O)c(F)c1. The van der Waals surface area contributed by atoms with Crippen molar-refractivity contribution in [2.75, 3.05) is 30.0 Å². The lowest BCUT2D eigenvalue weighted by Gasteiger charge is -2.29. The molecular weight excluding hydrogens is 343 g/mol. The van der Waals surface area contributed by atoms with Crippen molar-refractivity contribution in [3.05, 3.63) is 24.0 Å². The van der Waals surface area contributed by atoms with Crippen LogP contribution in [0.1, 0.15) is 19.3 Å². The molecule has 0 unspecified atom stereocenters. The summed E-state index contributed by atoms with van der Waals surface area (Å²) in [6.07, 6.45) is 2.81. The molecule has 9 heteroatoms. The molecule has 0 bridgehead atoms. The van der Waals surface area contributed by atoms with E-state index in [1.165, 1.54) is 17.0 Å². The number of hydrogen-bond donors (Lipinski definition) is 3. The average Bonchev–Trinajstić information content (AvgIpc) is 2.54. The van der Waals surface area contributed by atoms with Gasteiger partial charge in [0, 0.05) is 18.3 Å². The predicted molar refractivity (Wildman–Crippen MR) is 92.0 cm³/mol. The third kappa shape index (κ3) is 4.00. The zero-order chi connectivity index (χ0) is 18.7. The highest BCUT2D eigenvalue weighted by molar-refractivity contribution is 6.09. The number of halogens is 1. The molecule has 2 aliphatic rings. The standard InChI is InChI=1S/C17H21FN4O4/c18-12-8-11(4-5-13(12)22-6-7-26-9-14(22)23)21-17(25)15(16(19)24)20-10-2-1-3-10/h4-5,8,10,15,20H,1-3,6-7,9H2,(H2,19,24)(H,21,25)/t15-/m1/s1. The second kappa shape index (κ2) is 7.79. The van der Waals surface area contributed by atoms with E-state index in [2.05, 4.69) is 10.6 Å². The van der Waals surface area contributed by atoms with Crippen LogP contribution < -0.4 is 21.3 Å². The molecule has 1 aliphatic carbocycles. The first kappa shape index (κ1) is 18.3. The van der Waals surface area contributed by atoms with E-state index in [-0.39, 0.29) is 36.5 Å². The second-order valence-corrected chi connectivity index (χ2v) is 6.38. The van der Waals surface area contributed by atoms with Gasteiger partial charge in [0.1, 0.15) is 12.4 Å². The highest BCUT2D eigenvalue weighted by Gasteiger charge is 2.30. The van der Waals surface area contributed by atoms with Crippen LogP contribution in [0, 0.1) is 5.82 Å². The summed E-state index contributed by atoms with van der Waals surface area (Å²) in [5.41, 5.74) is 5.59. The Kier molecular flexibility index (Phi) is 5.48. The maximum atomic E-state index is 14.4. The van der Waals surface area contributed by atoms with E-state index >= 15 is 0 Å². The average molecular weight is 364 g/mol. The summed E-state index contributed by atoms with van der Waals surface area (Å²) >= 11 is 0. The molecule has 2 fully saturated rings. The fourth-order valence-corrected chi connectivity index (χ4v) is 2.89. The van der Waals surface area contributed by atoms with Crippen LogP contribution in [0.2, 0.25) is 0 Å². The van der Waals surface area contributed by atoms with Crippen LogP contribution in [0.25, 0.3) is 0 Å². The van der Waals surface area contributed by atoms with E-state index in [1.54, 1.807) is 0 Å². The molecule has 3 amide bonds. The van der Waals surface area contributed by atoms with Crippen molar-refractivity contribution < 1.29 is 23.5 Å². The molecule has 1 aliphatic heterocycles. The number of morpholine rings is 1. The minimum Gasteiger partial charge on any atom is -0.370 e. The van der Waals surface area contributed by atoms with Gasteiger partial charge in [-0.05, 0) is 31.0 Å². The van der Waals surface area contributed by atoms with E-state index in [1.807, 2.05) is 0 Å². The largest absolute Gasteiger partial charge is 0.370 e. The first-order valence-electron chi connectivity index (χ1n) is 8.49. The number of rotatable bonds is 6. The van der Waals surface area contributed by atoms with Gasteiger partial charge in [0.25, 0.3) is 11.8 Å². The zero-order valence-corrected chi connectivity index (χ0v) is 14.2. The van der Waals surface area contributed by atoms with Gasteiger partial charge in [0.15, 0.2) is 6.04 Å². The molecule has 8 nitrogen and oxygen atoms in total. The number of amides is 3. The quantitative estimate of drug-likeness (QED) is 0.621. The number of anilines is 2. The van der Waals surface area contributed by atoms with Crippen molar-refractivity contribution in [2.45, 2.75) is 31.3 Å². The normalized spacial score (nSPS) is 19.0. The Labute approximate surface area is 149 Å². The molecule has 1 aromatic rings. The van der Waals surface area contributed by atoms with Crippen LogP contribution in [0.4, 0.5) is 15.8 Å². The third-order valence-electron chi connectivity index (χ3n) is 4.55. The molecule has 0 spiro atoms. The lowest BCUT2D eigenvalue weighted by atomic mass is 9.92. The number of ether oxygens (including phenoxy) is 1. The van der Waals surface area contributed by atoms with Crippen molar-refractivity contribution in [2.24, 2.45) is 5.73 Å². The first-order chi connectivity index (χ1) is 12.5. The van der Waals surface area contributed by atoms with Crippen LogP contribution in [-0.2, 0) is 19.1 Å². The summed E-state index contributed by atoms with van der Waals surface area (Å²) in [6.45, 7) is 0.498. The third-order valence-corrected chi connectivity index (χ3v) is 4.55. The Bertz CT molecular complexity index is 723. The van der Waals surface area contributed by atoms with E-state index in [0.29, 0.717) is 6.61 Å². The fraction of sp³-hybridized carbons (Fsp3) is 0.471. The fourth-order valence-electron chi connectivity index (χ4n) is 2.89. The van der Waals surface area contributed by atoms with Gasteiger partial charge in [-0.25, -0.2) is 4.39 Å². The van der Waals surface area contributed by atoms with Crippen LogP contribution in [0.15, 0.2) is 18.2 Å². The molecule has 140 valence electrons. The smallest absolute Gasteiger partial charge is 0.253 e. The molecule has 3 rings (SSSR count). The maximum absolute atomic E-state index is 14.4. The summed E-state index contributed by atoms with van der Waals surface area (Å²) in [6, 6.07) is 2.90. The van der Waals surface area contributed by atoms with E-state index < -0.39 is 23.7 Å². The van der Waals surface area contributed by atoms with Gasteiger partial charge in [0.05, 0.1) is 12.3 Å². The van der Waals surface area contributed by atoms with Crippen molar-refractivity contribution in [1.82, 2.24) is 5.32 Å². The highest BCUT2D eigenvalue weighted by Crippen LogP contribution is 2.24. The molecule has 0 radical (unpaired) electrons. The second-order valence-electron chi connectivity index (χ2n) is 6.38. The monoisotopic (exact) mass is 364 g/mol. The topological polar surface area (TPSA) is 114 Å². The van der Waals surface area contributed by atoms with Crippen LogP contribution in [0.3, 0.4) is 0 Å². The number of carbonyl (C=O) groups excluding carboxylic acids is 3. The predicted octanol–water partition coefficient (Wildman–Crippen LogP) is 0.123. The molecule has 1 heterocycles. The lowest BCUT2D eigenvalue weighted by Crippen LogP contribution is -2.54. The molecule has 1 aromatic carbocycles. The molecule has 1 saturated carbocycles. The minimum atomic E-state index is -1.18. The van der Waals surface area contributed by atoms with Crippen LogP contribution in [-0.4, -0.2) is 49.6 Å².